The first kappa shape index (κ1) is 15.6. The molecule has 0 saturated carbocycles. The van der Waals surface area contributed by atoms with Crippen LogP contribution in [-0.4, -0.2) is 44.2 Å². The van der Waals surface area contributed by atoms with Gasteiger partial charge in [-0.3, -0.25) is 0 Å². The summed E-state index contributed by atoms with van der Waals surface area (Å²) >= 11 is 11.8. The van der Waals surface area contributed by atoms with Gasteiger partial charge in [0.15, 0.2) is 0 Å². The molecule has 1 rings (SSSR count). The molecule has 1 N–H and O–H groups in total. The van der Waals surface area contributed by atoms with Crippen LogP contribution in [0.4, 0.5) is 0 Å². The molecule has 18 heavy (non-hydrogen) atoms. The number of piperazine rings is 1. The van der Waals surface area contributed by atoms with E-state index in [1.165, 1.54) is 6.26 Å². The Kier molecular flexibility index (Phi) is 8.18. The number of nitrogens with one attached hydrogen (secondary N) is 1. The van der Waals surface area contributed by atoms with E-state index >= 15 is 0 Å². The van der Waals surface area contributed by atoms with Gasteiger partial charge in [0.1, 0.15) is 6.26 Å². The van der Waals surface area contributed by atoms with Gasteiger partial charge in [0.05, 0.1) is 16.7 Å². The summed E-state index contributed by atoms with van der Waals surface area (Å²) in [6.07, 6.45) is 5.69. The van der Waals surface area contributed by atoms with Crippen molar-refractivity contribution >= 4 is 23.2 Å². The zero-order chi connectivity index (χ0) is 13.2. The van der Waals surface area contributed by atoms with Gasteiger partial charge in [0.2, 0.25) is 0 Å². The van der Waals surface area contributed by atoms with Crippen LogP contribution in [0.15, 0.2) is 35.1 Å². The van der Waals surface area contributed by atoms with Gasteiger partial charge in [-0.05, 0) is 12.5 Å². The minimum absolute atomic E-state index is 0.402. The summed E-state index contributed by atoms with van der Waals surface area (Å²) in [6.45, 7) is 9.64. The minimum atomic E-state index is 0.402. The van der Waals surface area contributed by atoms with Crippen LogP contribution >= 0.6 is 23.2 Å². The average Bonchev–Trinajstić information content (AvgIpc) is 2.39. The molecule has 0 aliphatic carbocycles. The minimum Gasteiger partial charge on any atom is -0.500 e. The highest BCUT2D eigenvalue weighted by molar-refractivity contribution is 6.43. The summed E-state index contributed by atoms with van der Waals surface area (Å²) in [6, 6.07) is 0. The largest absolute Gasteiger partial charge is 0.500 e. The molecule has 0 radical (unpaired) electrons. The molecule has 1 aliphatic heterocycles. The molecular formula is C13H20Cl2N2O. The Balaban J connectivity index is 2.12. The molecule has 5 heteroatoms. The quantitative estimate of drug-likeness (QED) is 0.443. The summed E-state index contributed by atoms with van der Waals surface area (Å²) in [7, 11) is 0. The van der Waals surface area contributed by atoms with Crippen LogP contribution in [0.5, 0.6) is 0 Å². The maximum atomic E-state index is 5.91. The Morgan fingerprint density at radius 1 is 1.28 bits per heavy atom. The molecule has 0 spiro atoms. The lowest BCUT2D eigenvalue weighted by Crippen LogP contribution is -2.43. The highest BCUT2D eigenvalue weighted by Crippen LogP contribution is 2.18. The molecule has 0 aromatic carbocycles. The Morgan fingerprint density at radius 3 is 2.67 bits per heavy atom. The lowest BCUT2D eigenvalue weighted by atomic mass is 10.3. The number of ether oxygens (including phenoxy) is 1. The van der Waals surface area contributed by atoms with Crippen molar-refractivity contribution in [3.63, 3.8) is 0 Å². The summed E-state index contributed by atoms with van der Waals surface area (Å²) in [4.78, 5) is 2.43. The summed E-state index contributed by atoms with van der Waals surface area (Å²) < 4.78 is 5.36. The molecule has 0 aromatic rings. The van der Waals surface area contributed by atoms with Crippen LogP contribution in [0.3, 0.4) is 0 Å². The van der Waals surface area contributed by atoms with Gasteiger partial charge >= 0.3 is 0 Å². The standard InChI is InChI=1S/C13H20Cl2N2O/c1-2-4-12(14)13(15)11-18-10-3-7-17-8-5-16-6-9-17/h2,4,11,16H,1,3,5-10H2/b12-4+,13-11+. The van der Waals surface area contributed by atoms with Gasteiger partial charge in [0.25, 0.3) is 0 Å². The highest BCUT2D eigenvalue weighted by atomic mass is 35.5. The van der Waals surface area contributed by atoms with Gasteiger partial charge in [-0.25, -0.2) is 0 Å². The van der Waals surface area contributed by atoms with Crippen LogP contribution in [0.1, 0.15) is 6.42 Å². The van der Waals surface area contributed by atoms with Crippen molar-refractivity contribution in [1.82, 2.24) is 10.2 Å². The number of hydrogen-bond acceptors (Lipinski definition) is 3. The van der Waals surface area contributed by atoms with Crippen LogP contribution in [0, 0.1) is 0 Å². The first-order valence-electron chi connectivity index (χ1n) is 6.13. The second-order valence-electron chi connectivity index (χ2n) is 4.03. The fraction of sp³-hybridized carbons (Fsp3) is 0.538. The normalized spacial score (nSPS) is 18.8. The average molecular weight is 291 g/mol. The van der Waals surface area contributed by atoms with Crippen LogP contribution in [-0.2, 0) is 4.74 Å². The lowest BCUT2D eigenvalue weighted by Gasteiger charge is -2.26. The maximum Gasteiger partial charge on any atom is 0.103 e. The second-order valence-corrected chi connectivity index (χ2v) is 4.85. The summed E-state index contributed by atoms with van der Waals surface area (Å²) in [5.41, 5.74) is 0. The maximum absolute atomic E-state index is 5.91. The molecule has 0 aromatic heterocycles. The number of halogens is 2. The third-order valence-electron chi connectivity index (χ3n) is 2.63. The van der Waals surface area contributed by atoms with Gasteiger partial charge < -0.3 is 15.0 Å². The highest BCUT2D eigenvalue weighted by Gasteiger charge is 2.08. The Bertz CT molecular complexity index is 310. The van der Waals surface area contributed by atoms with E-state index in [1.54, 1.807) is 12.2 Å². The molecule has 0 atom stereocenters. The molecule has 1 saturated heterocycles. The molecule has 0 bridgehead atoms. The fourth-order valence-corrected chi connectivity index (χ4v) is 1.94. The fourth-order valence-electron chi connectivity index (χ4n) is 1.68. The Morgan fingerprint density at radius 2 is 2.00 bits per heavy atom. The van der Waals surface area contributed by atoms with Gasteiger partial charge in [0, 0.05) is 32.7 Å². The van der Waals surface area contributed by atoms with Crippen molar-refractivity contribution in [1.29, 1.82) is 0 Å². The van der Waals surface area contributed by atoms with Gasteiger partial charge in [-0.2, -0.15) is 0 Å². The van der Waals surface area contributed by atoms with E-state index in [9.17, 15) is 0 Å². The van der Waals surface area contributed by atoms with Crippen molar-refractivity contribution in [2.24, 2.45) is 0 Å². The monoisotopic (exact) mass is 290 g/mol. The Hall–Kier alpha value is -0.480. The summed E-state index contributed by atoms with van der Waals surface area (Å²) in [5, 5.41) is 4.17. The van der Waals surface area contributed by atoms with E-state index < -0.39 is 0 Å². The van der Waals surface area contributed by atoms with Crippen molar-refractivity contribution in [2.45, 2.75) is 6.42 Å². The SMILES string of the molecule is C=C/C=C(Cl)\C(Cl)=C/OCCCN1CCNCC1. The molecule has 102 valence electrons. The molecule has 3 nitrogen and oxygen atoms in total. The van der Waals surface area contributed by atoms with Gasteiger partial charge in [-0.15, -0.1) is 0 Å². The summed E-state index contributed by atoms with van der Waals surface area (Å²) in [5.74, 6) is 0. The van der Waals surface area contributed by atoms with Crippen LogP contribution in [0.2, 0.25) is 0 Å². The third-order valence-corrected chi connectivity index (χ3v) is 3.34. The van der Waals surface area contributed by atoms with Crippen LogP contribution in [0.25, 0.3) is 0 Å². The molecule has 1 heterocycles. The van der Waals surface area contributed by atoms with E-state index in [2.05, 4.69) is 16.8 Å². The molecule has 1 fully saturated rings. The van der Waals surface area contributed by atoms with Gasteiger partial charge in [-0.1, -0.05) is 35.9 Å². The first-order valence-corrected chi connectivity index (χ1v) is 6.88. The molecular weight excluding hydrogens is 271 g/mol. The number of rotatable bonds is 7. The Labute approximate surface area is 119 Å². The predicted octanol–water partition coefficient (Wildman–Crippen LogP) is 2.69. The zero-order valence-corrected chi connectivity index (χ0v) is 12.0. The van der Waals surface area contributed by atoms with Crippen molar-refractivity contribution in [3.05, 3.63) is 35.1 Å². The number of hydrogen-bond donors (Lipinski definition) is 1. The second kappa shape index (κ2) is 9.45. The smallest absolute Gasteiger partial charge is 0.103 e. The number of nitrogens with zero attached hydrogens (tertiary/aromatic N) is 1. The predicted molar refractivity (Wildman–Crippen MR) is 77.9 cm³/mol. The topological polar surface area (TPSA) is 24.5 Å². The zero-order valence-electron chi connectivity index (χ0n) is 10.5. The lowest BCUT2D eigenvalue weighted by molar-refractivity contribution is 0.192. The van der Waals surface area contributed by atoms with E-state index in [0.29, 0.717) is 16.7 Å². The van der Waals surface area contributed by atoms with E-state index in [4.69, 9.17) is 27.9 Å². The van der Waals surface area contributed by atoms with Crippen molar-refractivity contribution in [3.8, 4) is 0 Å². The molecule has 0 unspecified atom stereocenters. The molecule has 0 amide bonds. The first-order chi connectivity index (χ1) is 8.74. The number of allylic oxidation sites excluding steroid dienone is 4. The van der Waals surface area contributed by atoms with E-state index in [1.807, 2.05) is 0 Å². The molecule has 1 aliphatic rings. The van der Waals surface area contributed by atoms with E-state index in [0.717, 1.165) is 39.1 Å². The van der Waals surface area contributed by atoms with Crippen molar-refractivity contribution < 1.29 is 4.74 Å². The van der Waals surface area contributed by atoms with Crippen molar-refractivity contribution in [2.75, 3.05) is 39.3 Å². The van der Waals surface area contributed by atoms with E-state index in [-0.39, 0.29) is 0 Å². The van der Waals surface area contributed by atoms with Crippen LogP contribution < -0.4 is 5.32 Å². The third kappa shape index (κ3) is 6.45.